The first kappa shape index (κ1) is 18.3. The average Bonchev–Trinajstić information content (AvgIpc) is 3.21. The molecule has 4 aromatic rings. The van der Waals surface area contributed by atoms with E-state index in [2.05, 4.69) is 21.4 Å². The molecule has 0 radical (unpaired) electrons. The van der Waals surface area contributed by atoms with Crippen LogP contribution in [0.15, 0.2) is 48.5 Å². The van der Waals surface area contributed by atoms with Crippen LogP contribution in [0.5, 0.6) is 17.2 Å². The first-order chi connectivity index (χ1) is 14.2. The van der Waals surface area contributed by atoms with Crippen LogP contribution in [0.3, 0.4) is 0 Å². The molecule has 0 atom stereocenters. The number of hydrogen-bond donors (Lipinski definition) is 0. The molecule has 0 unspecified atom stereocenters. The van der Waals surface area contributed by atoms with Crippen molar-refractivity contribution in [2.75, 3.05) is 21.3 Å². The van der Waals surface area contributed by atoms with Crippen molar-refractivity contribution < 1.29 is 14.2 Å². The summed E-state index contributed by atoms with van der Waals surface area (Å²) >= 11 is 0. The Morgan fingerprint density at radius 1 is 0.828 bits per heavy atom. The fourth-order valence-electron chi connectivity index (χ4n) is 3.05. The molecule has 2 heterocycles. The number of rotatable bonds is 5. The van der Waals surface area contributed by atoms with Gasteiger partial charge in [-0.15, -0.1) is 10.2 Å². The van der Waals surface area contributed by atoms with Crippen molar-refractivity contribution in [2.45, 2.75) is 0 Å². The Labute approximate surface area is 166 Å². The third-order valence-corrected chi connectivity index (χ3v) is 4.50. The van der Waals surface area contributed by atoms with Gasteiger partial charge in [0.25, 0.3) is 0 Å². The average molecular weight is 387 g/mol. The van der Waals surface area contributed by atoms with Crippen LogP contribution in [0.4, 0.5) is 0 Å². The highest BCUT2D eigenvalue weighted by Crippen LogP contribution is 2.40. The summed E-state index contributed by atoms with van der Waals surface area (Å²) in [5, 5.41) is 22.2. The molecule has 0 aliphatic heterocycles. The predicted octanol–water partition coefficient (Wildman–Crippen LogP) is 3.36. The van der Waals surface area contributed by atoms with Gasteiger partial charge in [0, 0.05) is 11.1 Å². The second-order valence-electron chi connectivity index (χ2n) is 6.12. The summed E-state index contributed by atoms with van der Waals surface area (Å²) in [6.07, 6.45) is 0. The lowest BCUT2D eigenvalue weighted by Crippen LogP contribution is -1.99. The van der Waals surface area contributed by atoms with Gasteiger partial charge in [-0.25, -0.2) is 0 Å². The summed E-state index contributed by atoms with van der Waals surface area (Å²) in [5.74, 6) is 2.07. The van der Waals surface area contributed by atoms with E-state index in [1.807, 2.05) is 24.3 Å². The van der Waals surface area contributed by atoms with Gasteiger partial charge >= 0.3 is 0 Å². The van der Waals surface area contributed by atoms with Crippen LogP contribution in [0, 0.1) is 11.3 Å². The third kappa shape index (κ3) is 3.19. The first-order valence-corrected chi connectivity index (χ1v) is 8.72. The summed E-state index contributed by atoms with van der Waals surface area (Å²) < 4.78 is 17.9. The number of hydrogen-bond acceptors (Lipinski definition) is 7. The molecular weight excluding hydrogens is 370 g/mol. The third-order valence-electron chi connectivity index (χ3n) is 4.50. The minimum absolute atomic E-state index is 0.499. The zero-order chi connectivity index (χ0) is 20.4. The van der Waals surface area contributed by atoms with Crippen molar-refractivity contribution in [1.82, 2.24) is 19.8 Å². The number of methoxy groups -OCH3 is 3. The highest BCUT2D eigenvalue weighted by molar-refractivity contribution is 5.69. The van der Waals surface area contributed by atoms with Gasteiger partial charge in [-0.05, 0) is 36.4 Å². The molecule has 0 aliphatic carbocycles. The van der Waals surface area contributed by atoms with Gasteiger partial charge in [-0.3, -0.25) is 0 Å². The molecular formula is C21H17N5O3. The van der Waals surface area contributed by atoms with Crippen molar-refractivity contribution >= 4 is 5.65 Å². The van der Waals surface area contributed by atoms with Crippen molar-refractivity contribution in [1.29, 1.82) is 5.26 Å². The van der Waals surface area contributed by atoms with E-state index in [1.54, 1.807) is 50.1 Å². The number of nitrogens with zero attached hydrogens (tertiary/aromatic N) is 5. The molecule has 8 nitrogen and oxygen atoms in total. The van der Waals surface area contributed by atoms with Crippen molar-refractivity contribution in [3.63, 3.8) is 0 Å². The maximum Gasteiger partial charge on any atom is 0.203 e. The van der Waals surface area contributed by atoms with Crippen LogP contribution < -0.4 is 14.2 Å². The zero-order valence-electron chi connectivity index (χ0n) is 16.1. The molecule has 0 N–H and O–H groups in total. The Hall–Kier alpha value is -4.12. The largest absolute Gasteiger partial charge is 0.493 e. The minimum atomic E-state index is 0.499. The predicted molar refractivity (Wildman–Crippen MR) is 106 cm³/mol. The maximum absolute atomic E-state index is 8.98. The van der Waals surface area contributed by atoms with Crippen LogP contribution in [0.2, 0.25) is 0 Å². The Balaban J connectivity index is 1.86. The summed E-state index contributed by atoms with van der Waals surface area (Å²) in [6.45, 7) is 0. The quantitative estimate of drug-likeness (QED) is 0.518. The second kappa shape index (κ2) is 7.48. The van der Waals surface area contributed by atoms with Crippen LogP contribution in [-0.4, -0.2) is 41.1 Å². The standard InChI is InChI=1S/C21H17N5O3/c1-27-17-10-15(11-18(28-2)20(17)29-3)21-24-23-19-9-8-16(25-26(19)21)14-6-4-13(12-22)5-7-14/h4-11H,1-3H3. The first-order valence-electron chi connectivity index (χ1n) is 8.72. The van der Waals surface area contributed by atoms with Crippen LogP contribution in [-0.2, 0) is 0 Å². The summed E-state index contributed by atoms with van der Waals surface area (Å²) in [7, 11) is 4.67. The van der Waals surface area contributed by atoms with E-state index < -0.39 is 0 Å². The van der Waals surface area contributed by atoms with E-state index in [4.69, 9.17) is 19.5 Å². The second-order valence-corrected chi connectivity index (χ2v) is 6.12. The Kier molecular flexibility index (Phi) is 4.71. The molecule has 4 rings (SSSR count). The van der Waals surface area contributed by atoms with Gasteiger partial charge in [0.1, 0.15) is 0 Å². The molecule has 2 aromatic heterocycles. The SMILES string of the molecule is COc1cc(-c2nnc3ccc(-c4ccc(C#N)cc4)nn23)cc(OC)c1OC. The van der Waals surface area contributed by atoms with Crippen molar-refractivity contribution in [3.05, 3.63) is 54.1 Å². The van der Waals surface area contributed by atoms with E-state index in [1.165, 1.54) is 0 Å². The number of nitriles is 1. The molecule has 8 heteroatoms. The van der Waals surface area contributed by atoms with Crippen molar-refractivity contribution in [3.8, 4) is 46.0 Å². The van der Waals surface area contributed by atoms with Crippen LogP contribution in [0.1, 0.15) is 5.56 Å². The number of aromatic nitrogens is 4. The molecule has 0 spiro atoms. The molecule has 0 saturated heterocycles. The van der Waals surface area contributed by atoms with E-state index in [9.17, 15) is 0 Å². The molecule has 0 fully saturated rings. The van der Waals surface area contributed by atoms with Gasteiger partial charge in [-0.1, -0.05) is 12.1 Å². The van der Waals surface area contributed by atoms with Crippen LogP contribution >= 0.6 is 0 Å². The molecule has 0 amide bonds. The number of fused-ring (bicyclic) bond motifs is 1. The van der Waals surface area contributed by atoms with Crippen LogP contribution in [0.25, 0.3) is 28.3 Å². The van der Waals surface area contributed by atoms with Gasteiger partial charge in [-0.2, -0.15) is 14.9 Å². The molecule has 29 heavy (non-hydrogen) atoms. The van der Waals surface area contributed by atoms with E-state index in [-0.39, 0.29) is 0 Å². The molecule has 144 valence electrons. The topological polar surface area (TPSA) is 94.6 Å². The molecule has 0 aliphatic rings. The van der Waals surface area contributed by atoms with Gasteiger partial charge in [0.05, 0.1) is 38.7 Å². The number of benzene rings is 2. The lowest BCUT2D eigenvalue weighted by atomic mass is 10.1. The fraction of sp³-hybridized carbons (Fsp3) is 0.143. The Morgan fingerprint density at radius 2 is 1.52 bits per heavy atom. The Morgan fingerprint density at radius 3 is 2.10 bits per heavy atom. The molecule has 0 bridgehead atoms. The molecule has 0 saturated carbocycles. The molecule has 2 aromatic carbocycles. The minimum Gasteiger partial charge on any atom is -0.493 e. The summed E-state index contributed by atoms with van der Waals surface area (Å²) in [4.78, 5) is 0. The summed E-state index contributed by atoms with van der Waals surface area (Å²) in [6, 6.07) is 16.6. The zero-order valence-corrected chi connectivity index (χ0v) is 16.1. The Bertz CT molecular complexity index is 1200. The van der Waals surface area contributed by atoms with Gasteiger partial charge in [0.15, 0.2) is 23.0 Å². The van der Waals surface area contributed by atoms with Gasteiger partial charge < -0.3 is 14.2 Å². The highest BCUT2D eigenvalue weighted by Gasteiger charge is 2.18. The number of ether oxygens (including phenoxy) is 3. The van der Waals surface area contributed by atoms with Gasteiger partial charge in [0.2, 0.25) is 5.75 Å². The van der Waals surface area contributed by atoms with E-state index >= 15 is 0 Å². The lowest BCUT2D eigenvalue weighted by Gasteiger charge is -2.13. The maximum atomic E-state index is 8.98. The van der Waals surface area contributed by atoms with Crippen molar-refractivity contribution in [2.24, 2.45) is 0 Å². The monoisotopic (exact) mass is 387 g/mol. The fourth-order valence-corrected chi connectivity index (χ4v) is 3.05. The lowest BCUT2D eigenvalue weighted by molar-refractivity contribution is 0.324. The normalized spacial score (nSPS) is 10.6. The van der Waals surface area contributed by atoms with E-state index in [0.29, 0.717) is 34.3 Å². The smallest absolute Gasteiger partial charge is 0.203 e. The highest BCUT2D eigenvalue weighted by atomic mass is 16.5. The van der Waals surface area contributed by atoms with E-state index in [0.717, 1.165) is 16.8 Å². The summed E-state index contributed by atoms with van der Waals surface area (Å²) in [5.41, 5.74) is 3.53.